The Morgan fingerprint density at radius 3 is 2.82 bits per heavy atom. The number of nitrogens with one attached hydrogen (secondary N) is 1. The Balaban J connectivity index is 2.11. The van der Waals surface area contributed by atoms with Crippen LogP contribution in [0, 0.1) is 5.82 Å². The molecular formula is C13H19ClFNO. The van der Waals surface area contributed by atoms with E-state index in [-0.39, 0.29) is 5.02 Å². The molecule has 0 aromatic heterocycles. The van der Waals surface area contributed by atoms with Gasteiger partial charge in [0.15, 0.2) is 0 Å². The molecule has 1 N–H and O–H groups in total. The summed E-state index contributed by atoms with van der Waals surface area (Å²) in [6.07, 6.45) is 3.21. The third kappa shape index (κ3) is 5.89. The molecule has 0 atom stereocenters. The molecule has 17 heavy (non-hydrogen) atoms. The predicted molar refractivity (Wildman–Crippen MR) is 69.3 cm³/mol. The molecule has 0 amide bonds. The van der Waals surface area contributed by atoms with Gasteiger partial charge in [-0.1, -0.05) is 18.5 Å². The Morgan fingerprint density at radius 1 is 1.29 bits per heavy atom. The van der Waals surface area contributed by atoms with Crippen LogP contribution in [0.3, 0.4) is 0 Å². The number of rotatable bonds is 8. The number of hydrogen-bond donors (Lipinski definition) is 1. The summed E-state index contributed by atoms with van der Waals surface area (Å²) in [7, 11) is 0. The van der Waals surface area contributed by atoms with Crippen molar-refractivity contribution in [3.63, 3.8) is 0 Å². The summed E-state index contributed by atoms with van der Waals surface area (Å²) in [5, 5.41) is 3.43. The molecule has 0 aliphatic carbocycles. The second-order valence-corrected chi connectivity index (χ2v) is 4.29. The van der Waals surface area contributed by atoms with E-state index in [9.17, 15) is 4.39 Å². The fourth-order valence-electron chi connectivity index (χ4n) is 1.41. The maximum absolute atomic E-state index is 12.9. The van der Waals surface area contributed by atoms with Crippen molar-refractivity contribution >= 4 is 11.6 Å². The van der Waals surface area contributed by atoms with Gasteiger partial charge in [0.1, 0.15) is 11.6 Å². The molecule has 96 valence electrons. The van der Waals surface area contributed by atoms with Gasteiger partial charge in [-0.05, 0) is 44.5 Å². The molecule has 0 unspecified atom stereocenters. The van der Waals surface area contributed by atoms with E-state index < -0.39 is 5.82 Å². The summed E-state index contributed by atoms with van der Waals surface area (Å²) in [4.78, 5) is 0. The summed E-state index contributed by atoms with van der Waals surface area (Å²) in [6.45, 7) is 4.86. The van der Waals surface area contributed by atoms with Crippen molar-refractivity contribution in [1.29, 1.82) is 0 Å². The number of halogens is 2. The summed E-state index contributed by atoms with van der Waals surface area (Å²) in [6, 6.07) is 4.42. The van der Waals surface area contributed by atoms with Crippen LogP contribution in [-0.4, -0.2) is 19.7 Å². The van der Waals surface area contributed by atoms with E-state index in [1.165, 1.54) is 12.1 Å². The van der Waals surface area contributed by atoms with Crippen LogP contribution in [0.25, 0.3) is 0 Å². The zero-order chi connectivity index (χ0) is 12.5. The van der Waals surface area contributed by atoms with Crippen molar-refractivity contribution < 1.29 is 9.13 Å². The SMILES string of the molecule is CCCNCCCCOc1ccc(F)c(Cl)c1. The van der Waals surface area contributed by atoms with Gasteiger partial charge in [0.05, 0.1) is 11.6 Å². The highest BCUT2D eigenvalue weighted by Gasteiger charge is 2.01. The first-order valence-corrected chi connectivity index (χ1v) is 6.40. The van der Waals surface area contributed by atoms with Gasteiger partial charge in [-0.15, -0.1) is 0 Å². The van der Waals surface area contributed by atoms with Crippen LogP contribution in [0.1, 0.15) is 26.2 Å². The fraction of sp³-hybridized carbons (Fsp3) is 0.538. The van der Waals surface area contributed by atoms with Crippen LogP contribution in [0.4, 0.5) is 4.39 Å². The van der Waals surface area contributed by atoms with Gasteiger partial charge < -0.3 is 10.1 Å². The molecule has 1 rings (SSSR count). The molecule has 0 radical (unpaired) electrons. The maximum Gasteiger partial charge on any atom is 0.142 e. The first-order chi connectivity index (χ1) is 8.24. The topological polar surface area (TPSA) is 21.3 Å². The van der Waals surface area contributed by atoms with Crippen molar-refractivity contribution in [2.75, 3.05) is 19.7 Å². The lowest BCUT2D eigenvalue weighted by atomic mass is 10.3. The minimum absolute atomic E-state index is 0.104. The van der Waals surface area contributed by atoms with E-state index in [0.717, 1.165) is 32.4 Å². The first kappa shape index (κ1) is 14.3. The highest BCUT2D eigenvalue weighted by molar-refractivity contribution is 6.30. The Morgan fingerprint density at radius 2 is 2.12 bits per heavy atom. The minimum Gasteiger partial charge on any atom is -0.494 e. The van der Waals surface area contributed by atoms with Crippen LogP contribution in [0.15, 0.2) is 18.2 Å². The third-order valence-electron chi connectivity index (χ3n) is 2.33. The maximum atomic E-state index is 12.9. The zero-order valence-electron chi connectivity index (χ0n) is 10.1. The standard InChI is InChI=1S/C13H19ClFNO/c1-2-7-16-8-3-4-9-17-11-5-6-13(15)12(14)10-11/h5-6,10,16H,2-4,7-9H2,1H3. The lowest BCUT2D eigenvalue weighted by Crippen LogP contribution is -2.16. The number of hydrogen-bond acceptors (Lipinski definition) is 2. The molecule has 0 aliphatic heterocycles. The van der Waals surface area contributed by atoms with E-state index in [2.05, 4.69) is 12.2 Å². The lowest BCUT2D eigenvalue weighted by molar-refractivity contribution is 0.305. The Hall–Kier alpha value is -0.800. The normalized spacial score (nSPS) is 10.5. The van der Waals surface area contributed by atoms with Crippen molar-refractivity contribution in [2.24, 2.45) is 0 Å². The monoisotopic (exact) mass is 259 g/mol. The average Bonchev–Trinajstić information content (AvgIpc) is 2.32. The summed E-state index contributed by atoms with van der Waals surface area (Å²) < 4.78 is 18.3. The highest BCUT2D eigenvalue weighted by atomic mass is 35.5. The smallest absolute Gasteiger partial charge is 0.142 e. The molecule has 0 saturated carbocycles. The first-order valence-electron chi connectivity index (χ1n) is 6.02. The Kier molecular flexibility index (Phi) is 6.97. The van der Waals surface area contributed by atoms with Crippen LogP contribution < -0.4 is 10.1 Å². The minimum atomic E-state index is -0.414. The fourth-order valence-corrected chi connectivity index (χ4v) is 1.58. The van der Waals surface area contributed by atoms with Crippen LogP contribution in [0.2, 0.25) is 5.02 Å². The highest BCUT2D eigenvalue weighted by Crippen LogP contribution is 2.21. The quantitative estimate of drug-likeness (QED) is 0.720. The number of ether oxygens (including phenoxy) is 1. The van der Waals surface area contributed by atoms with Crippen molar-refractivity contribution in [3.8, 4) is 5.75 Å². The Labute approximate surface area is 107 Å². The largest absolute Gasteiger partial charge is 0.494 e. The molecule has 0 heterocycles. The summed E-state index contributed by atoms with van der Waals surface area (Å²) >= 11 is 5.65. The summed E-state index contributed by atoms with van der Waals surface area (Å²) in [5.74, 6) is 0.209. The predicted octanol–water partition coefficient (Wildman–Crippen LogP) is 3.64. The molecule has 0 spiro atoms. The molecule has 1 aromatic carbocycles. The van der Waals surface area contributed by atoms with Crippen molar-refractivity contribution in [1.82, 2.24) is 5.32 Å². The van der Waals surface area contributed by atoms with Crippen LogP contribution in [0.5, 0.6) is 5.75 Å². The van der Waals surface area contributed by atoms with E-state index in [0.29, 0.717) is 12.4 Å². The average molecular weight is 260 g/mol. The lowest BCUT2D eigenvalue weighted by Gasteiger charge is -2.07. The van der Waals surface area contributed by atoms with Gasteiger partial charge in [0.2, 0.25) is 0 Å². The molecule has 0 aliphatic rings. The van der Waals surface area contributed by atoms with Gasteiger partial charge in [0, 0.05) is 6.07 Å². The third-order valence-corrected chi connectivity index (χ3v) is 2.62. The van der Waals surface area contributed by atoms with E-state index in [4.69, 9.17) is 16.3 Å². The van der Waals surface area contributed by atoms with Gasteiger partial charge in [-0.2, -0.15) is 0 Å². The molecular weight excluding hydrogens is 241 g/mol. The van der Waals surface area contributed by atoms with Gasteiger partial charge in [0.25, 0.3) is 0 Å². The van der Waals surface area contributed by atoms with Crippen LogP contribution >= 0.6 is 11.6 Å². The zero-order valence-corrected chi connectivity index (χ0v) is 10.9. The van der Waals surface area contributed by atoms with Gasteiger partial charge >= 0.3 is 0 Å². The number of unbranched alkanes of at least 4 members (excludes halogenated alkanes) is 1. The van der Waals surface area contributed by atoms with E-state index in [1.54, 1.807) is 6.07 Å². The second kappa shape index (κ2) is 8.31. The van der Waals surface area contributed by atoms with E-state index in [1.807, 2.05) is 0 Å². The Bertz CT molecular complexity index is 333. The molecule has 2 nitrogen and oxygen atoms in total. The molecule has 0 fully saturated rings. The van der Waals surface area contributed by atoms with E-state index >= 15 is 0 Å². The van der Waals surface area contributed by atoms with Crippen LogP contribution in [-0.2, 0) is 0 Å². The second-order valence-electron chi connectivity index (χ2n) is 3.88. The van der Waals surface area contributed by atoms with Crippen molar-refractivity contribution in [3.05, 3.63) is 29.0 Å². The molecule has 0 bridgehead atoms. The summed E-state index contributed by atoms with van der Waals surface area (Å²) in [5.41, 5.74) is 0. The van der Waals surface area contributed by atoms with Crippen molar-refractivity contribution in [2.45, 2.75) is 26.2 Å². The van der Waals surface area contributed by atoms with Gasteiger partial charge in [-0.25, -0.2) is 4.39 Å². The molecule has 4 heteroatoms. The van der Waals surface area contributed by atoms with Gasteiger partial charge in [-0.3, -0.25) is 0 Å². The molecule has 0 saturated heterocycles. The molecule has 1 aromatic rings. The number of benzene rings is 1.